The Labute approximate surface area is 155 Å². The Bertz CT molecular complexity index is 985. The lowest BCUT2D eigenvalue weighted by Crippen LogP contribution is -2.38. The summed E-state index contributed by atoms with van der Waals surface area (Å²) in [5.41, 5.74) is 6.90. The van der Waals surface area contributed by atoms with Crippen LogP contribution in [0.2, 0.25) is 0 Å². The van der Waals surface area contributed by atoms with E-state index in [1.165, 1.54) is 0 Å². The van der Waals surface area contributed by atoms with Crippen molar-refractivity contribution in [2.75, 3.05) is 13.1 Å². The molecule has 3 rings (SSSR count). The Morgan fingerprint density at radius 3 is 2.81 bits per heavy atom. The molecule has 1 fully saturated rings. The monoisotopic (exact) mass is 373 g/mol. The van der Waals surface area contributed by atoms with E-state index in [4.69, 9.17) is 5.73 Å². The van der Waals surface area contributed by atoms with Gasteiger partial charge < -0.3 is 15.6 Å². The number of nitrogens with two attached hydrogens (primary N) is 1. The van der Waals surface area contributed by atoms with E-state index in [1.54, 1.807) is 18.7 Å². The third-order valence-corrected chi connectivity index (χ3v) is 5.13. The van der Waals surface area contributed by atoms with E-state index in [9.17, 15) is 14.0 Å². The van der Waals surface area contributed by atoms with Crippen LogP contribution in [0, 0.1) is 24.6 Å². The SMILES string of the molecule is CC#CC(=O)N1CCCC(c2c(F)cc(C(N)=O)c3[nH]c(C)c(CF)c23)C1. The molecule has 0 aliphatic carbocycles. The highest BCUT2D eigenvalue weighted by atomic mass is 19.1. The number of likely N-dealkylation sites (tertiary alicyclic amines) is 1. The number of rotatable bonds is 3. The van der Waals surface area contributed by atoms with Gasteiger partial charge in [0.1, 0.15) is 12.5 Å². The summed E-state index contributed by atoms with van der Waals surface area (Å²) in [5, 5.41) is 0.365. The van der Waals surface area contributed by atoms with Crippen LogP contribution >= 0.6 is 0 Å². The number of amides is 2. The van der Waals surface area contributed by atoms with E-state index in [0.717, 1.165) is 6.07 Å². The minimum atomic E-state index is -0.794. The highest BCUT2D eigenvalue weighted by Crippen LogP contribution is 2.38. The van der Waals surface area contributed by atoms with E-state index >= 15 is 4.39 Å². The summed E-state index contributed by atoms with van der Waals surface area (Å²) in [6, 6.07) is 1.10. The second-order valence-corrected chi connectivity index (χ2v) is 6.76. The summed E-state index contributed by atoms with van der Waals surface area (Å²) in [4.78, 5) is 28.4. The molecule has 1 aromatic heterocycles. The Kier molecular flexibility index (Phi) is 5.17. The van der Waals surface area contributed by atoms with Gasteiger partial charge in [0, 0.05) is 41.2 Å². The first-order chi connectivity index (χ1) is 12.9. The molecular formula is C20H21F2N3O2. The van der Waals surface area contributed by atoms with Crippen molar-refractivity contribution in [1.82, 2.24) is 9.88 Å². The van der Waals surface area contributed by atoms with Gasteiger partial charge in [-0.1, -0.05) is 5.92 Å². The summed E-state index contributed by atoms with van der Waals surface area (Å²) >= 11 is 0. The van der Waals surface area contributed by atoms with Crippen LogP contribution in [0.4, 0.5) is 8.78 Å². The fourth-order valence-corrected chi connectivity index (χ4v) is 3.90. The zero-order valence-corrected chi connectivity index (χ0v) is 15.3. The molecule has 3 N–H and O–H groups in total. The number of aromatic amines is 1. The summed E-state index contributed by atoms with van der Waals surface area (Å²) in [7, 11) is 0. The number of nitrogens with one attached hydrogen (secondary N) is 1. The van der Waals surface area contributed by atoms with Gasteiger partial charge in [0.2, 0.25) is 0 Å². The van der Waals surface area contributed by atoms with Crippen molar-refractivity contribution in [2.24, 2.45) is 5.73 Å². The van der Waals surface area contributed by atoms with E-state index in [-0.39, 0.29) is 17.4 Å². The van der Waals surface area contributed by atoms with Gasteiger partial charge in [-0.2, -0.15) is 0 Å². The molecule has 7 heteroatoms. The Hall–Kier alpha value is -2.88. The number of alkyl halides is 1. The summed E-state index contributed by atoms with van der Waals surface area (Å²) in [6.07, 6.45) is 1.34. The van der Waals surface area contributed by atoms with Crippen molar-refractivity contribution < 1.29 is 18.4 Å². The van der Waals surface area contributed by atoms with Gasteiger partial charge in [-0.05, 0) is 38.7 Å². The van der Waals surface area contributed by atoms with Crippen LogP contribution < -0.4 is 5.73 Å². The van der Waals surface area contributed by atoms with Gasteiger partial charge >= 0.3 is 0 Å². The second-order valence-electron chi connectivity index (χ2n) is 6.76. The molecule has 1 atom stereocenters. The van der Waals surface area contributed by atoms with Gasteiger partial charge in [-0.15, -0.1) is 0 Å². The fraction of sp³-hybridized carbons (Fsp3) is 0.400. The van der Waals surface area contributed by atoms with Crippen LogP contribution in [0.3, 0.4) is 0 Å². The standard InChI is InChI=1S/C20H21F2N3O2/c1-3-5-16(26)25-7-4-6-12(10-25)17-15(22)8-13(20(23)27)19-18(17)14(9-21)11(2)24-19/h8,12,24H,4,6-7,9-10H2,1-2H3,(H2,23,27). The van der Waals surface area contributed by atoms with E-state index in [2.05, 4.69) is 16.8 Å². The molecule has 2 aromatic rings. The summed E-state index contributed by atoms with van der Waals surface area (Å²) < 4.78 is 28.8. The molecule has 1 aliphatic rings. The van der Waals surface area contributed by atoms with Crippen molar-refractivity contribution in [2.45, 2.75) is 39.3 Å². The molecule has 0 saturated carbocycles. The lowest BCUT2D eigenvalue weighted by atomic mass is 9.86. The number of carbonyl (C=O) groups excluding carboxylic acids is 2. The maximum atomic E-state index is 15.1. The third-order valence-electron chi connectivity index (χ3n) is 5.13. The molecule has 27 heavy (non-hydrogen) atoms. The van der Waals surface area contributed by atoms with Crippen molar-refractivity contribution in [3.8, 4) is 11.8 Å². The quantitative estimate of drug-likeness (QED) is 0.812. The predicted molar refractivity (Wildman–Crippen MR) is 98.3 cm³/mol. The van der Waals surface area contributed by atoms with Gasteiger partial charge in [-0.3, -0.25) is 9.59 Å². The molecule has 5 nitrogen and oxygen atoms in total. The zero-order valence-electron chi connectivity index (χ0n) is 15.3. The molecule has 0 bridgehead atoms. The molecule has 1 aromatic carbocycles. The number of aromatic nitrogens is 1. The number of carbonyl (C=O) groups is 2. The average Bonchev–Trinajstić information content (AvgIpc) is 2.96. The third kappa shape index (κ3) is 3.27. The average molecular weight is 373 g/mol. The number of nitrogens with zero attached hydrogens (tertiary/aromatic N) is 1. The smallest absolute Gasteiger partial charge is 0.298 e. The highest BCUT2D eigenvalue weighted by Gasteiger charge is 2.30. The van der Waals surface area contributed by atoms with Gasteiger partial charge in [0.05, 0.1) is 11.1 Å². The number of hydrogen-bond acceptors (Lipinski definition) is 2. The molecule has 2 amide bonds. The lowest BCUT2D eigenvalue weighted by Gasteiger charge is -2.32. The molecule has 142 valence electrons. The number of halogens is 2. The Morgan fingerprint density at radius 1 is 1.44 bits per heavy atom. The van der Waals surface area contributed by atoms with Crippen molar-refractivity contribution >= 4 is 22.7 Å². The normalized spacial score (nSPS) is 16.9. The predicted octanol–water partition coefficient (Wildman–Crippen LogP) is 2.91. The van der Waals surface area contributed by atoms with Crippen LogP contribution in [0.15, 0.2) is 6.07 Å². The second kappa shape index (κ2) is 7.39. The van der Waals surface area contributed by atoms with Gasteiger partial charge in [0.25, 0.3) is 11.8 Å². The van der Waals surface area contributed by atoms with Crippen LogP contribution in [0.1, 0.15) is 52.9 Å². The van der Waals surface area contributed by atoms with E-state index < -0.39 is 18.4 Å². The fourth-order valence-electron chi connectivity index (χ4n) is 3.90. The topological polar surface area (TPSA) is 79.2 Å². The first-order valence-electron chi connectivity index (χ1n) is 8.80. The number of fused-ring (bicyclic) bond motifs is 1. The van der Waals surface area contributed by atoms with Crippen molar-refractivity contribution in [3.05, 3.63) is 34.3 Å². The summed E-state index contributed by atoms with van der Waals surface area (Å²) in [5.74, 6) is 3.08. The van der Waals surface area contributed by atoms with Crippen molar-refractivity contribution in [1.29, 1.82) is 0 Å². The molecule has 1 saturated heterocycles. The Balaban J connectivity index is 2.17. The number of primary amides is 1. The molecule has 2 heterocycles. The number of aryl methyl sites for hydroxylation is 1. The van der Waals surface area contributed by atoms with E-state index in [0.29, 0.717) is 53.7 Å². The number of benzene rings is 1. The minimum Gasteiger partial charge on any atom is -0.366 e. The lowest BCUT2D eigenvalue weighted by molar-refractivity contribution is -0.126. The van der Waals surface area contributed by atoms with Crippen LogP contribution in [0.5, 0.6) is 0 Å². The molecule has 1 aliphatic heterocycles. The van der Waals surface area contributed by atoms with Crippen LogP contribution in [-0.4, -0.2) is 34.8 Å². The largest absolute Gasteiger partial charge is 0.366 e. The van der Waals surface area contributed by atoms with Gasteiger partial charge in [-0.25, -0.2) is 8.78 Å². The molecule has 0 spiro atoms. The van der Waals surface area contributed by atoms with Crippen LogP contribution in [-0.2, 0) is 11.5 Å². The maximum Gasteiger partial charge on any atom is 0.298 e. The molecular weight excluding hydrogens is 352 g/mol. The first-order valence-corrected chi connectivity index (χ1v) is 8.80. The molecule has 1 unspecified atom stereocenters. The molecule has 0 radical (unpaired) electrons. The highest BCUT2D eigenvalue weighted by molar-refractivity contribution is 6.07. The minimum absolute atomic E-state index is 0.00496. The first kappa shape index (κ1) is 18.9. The number of piperidine rings is 1. The summed E-state index contributed by atoms with van der Waals surface area (Å²) in [6.45, 7) is 3.31. The maximum absolute atomic E-state index is 15.1. The number of hydrogen-bond donors (Lipinski definition) is 2. The van der Waals surface area contributed by atoms with Crippen LogP contribution in [0.25, 0.3) is 10.9 Å². The Morgan fingerprint density at radius 2 is 2.19 bits per heavy atom. The van der Waals surface area contributed by atoms with Gasteiger partial charge in [0.15, 0.2) is 0 Å². The van der Waals surface area contributed by atoms with Crippen molar-refractivity contribution in [3.63, 3.8) is 0 Å². The number of H-pyrrole nitrogens is 1. The van der Waals surface area contributed by atoms with E-state index in [1.807, 2.05) is 0 Å². The zero-order chi connectivity index (χ0) is 19.7.